The van der Waals surface area contributed by atoms with Crippen LogP contribution in [0.2, 0.25) is 0 Å². The Labute approximate surface area is 77.7 Å². The summed E-state index contributed by atoms with van der Waals surface area (Å²) in [6.07, 6.45) is 3.06. The predicted molar refractivity (Wildman–Crippen MR) is 47.2 cm³/mol. The van der Waals surface area contributed by atoms with E-state index in [4.69, 9.17) is 10.5 Å². The zero-order chi connectivity index (χ0) is 9.53. The van der Waals surface area contributed by atoms with Gasteiger partial charge in [0.05, 0.1) is 24.4 Å². The third-order valence-electron chi connectivity index (χ3n) is 3.31. The topological polar surface area (TPSA) is 75.7 Å². The van der Waals surface area contributed by atoms with Crippen LogP contribution in [0.5, 0.6) is 0 Å². The molecule has 0 aromatic rings. The van der Waals surface area contributed by atoms with Crippen LogP contribution in [0.1, 0.15) is 25.7 Å². The zero-order valence-corrected chi connectivity index (χ0v) is 7.70. The molecule has 0 saturated carbocycles. The van der Waals surface area contributed by atoms with Crippen molar-refractivity contribution in [2.45, 2.75) is 42.9 Å². The van der Waals surface area contributed by atoms with E-state index >= 15 is 0 Å². The Hall–Kier alpha value is -0.160. The summed E-state index contributed by atoms with van der Waals surface area (Å²) in [5.74, 6) is 0. The van der Waals surface area contributed by atoms with Gasteiger partial charge in [0, 0.05) is 6.04 Å². The van der Waals surface area contributed by atoms with Gasteiger partial charge in [-0.05, 0) is 25.7 Å². The molecular formula is C9H17NO3. The fourth-order valence-corrected chi connectivity index (χ4v) is 2.68. The maximum absolute atomic E-state index is 9.23. The lowest BCUT2D eigenvalue weighted by Crippen LogP contribution is -2.52. The van der Waals surface area contributed by atoms with E-state index in [1.54, 1.807) is 0 Å². The summed E-state index contributed by atoms with van der Waals surface area (Å²) in [4.78, 5) is 0. The molecule has 4 N–H and O–H groups in total. The van der Waals surface area contributed by atoms with Crippen LogP contribution < -0.4 is 5.73 Å². The first-order valence-electron chi connectivity index (χ1n) is 4.81. The summed E-state index contributed by atoms with van der Waals surface area (Å²) in [6, 6.07) is 0.0514. The van der Waals surface area contributed by atoms with E-state index in [1.807, 2.05) is 0 Å². The van der Waals surface area contributed by atoms with Gasteiger partial charge in [0.25, 0.3) is 0 Å². The molecule has 0 aliphatic carbocycles. The quantitative estimate of drug-likeness (QED) is 0.538. The van der Waals surface area contributed by atoms with Gasteiger partial charge in [-0.15, -0.1) is 0 Å². The van der Waals surface area contributed by atoms with Gasteiger partial charge in [-0.1, -0.05) is 0 Å². The molecule has 2 saturated heterocycles. The molecule has 4 nitrogen and oxygen atoms in total. The highest BCUT2D eigenvalue weighted by molar-refractivity contribution is 5.05. The van der Waals surface area contributed by atoms with E-state index in [0.717, 1.165) is 12.8 Å². The molecule has 2 aliphatic rings. The minimum absolute atomic E-state index is 0.0163. The lowest BCUT2D eigenvalue weighted by molar-refractivity contribution is -0.175. The minimum atomic E-state index is -0.458. The maximum Gasteiger partial charge on any atom is 0.0936 e. The standard InChI is InChI=1S/C9H17NO3/c10-7-3-8(5-11)1-2-9(4-7,6-12)13-8/h7,11-12H,1-6,10H2/t7?,8-,9+. The van der Waals surface area contributed by atoms with E-state index in [9.17, 15) is 10.2 Å². The van der Waals surface area contributed by atoms with Gasteiger partial charge in [-0.3, -0.25) is 0 Å². The first-order chi connectivity index (χ1) is 6.14. The molecule has 2 rings (SSSR count). The monoisotopic (exact) mass is 187 g/mol. The number of fused-ring (bicyclic) bond motifs is 2. The molecule has 0 amide bonds. The van der Waals surface area contributed by atoms with Crippen LogP contribution >= 0.6 is 0 Å². The van der Waals surface area contributed by atoms with Crippen LogP contribution in [0.15, 0.2) is 0 Å². The number of hydrogen-bond acceptors (Lipinski definition) is 4. The van der Waals surface area contributed by atoms with Crippen LogP contribution in [-0.2, 0) is 4.74 Å². The number of aliphatic hydroxyl groups is 2. The number of rotatable bonds is 2. The Kier molecular flexibility index (Phi) is 2.11. The molecule has 2 aliphatic heterocycles. The lowest BCUT2D eigenvalue weighted by atomic mass is 9.90. The highest BCUT2D eigenvalue weighted by Gasteiger charge is 2.53. The molecule has 0 aromatic carbocycles. The molecule has 2 heterocycles. The molecule has 2 fully saturated rings. The highest BCUT2D eigenvalue weighted by Crippen LogP contribution is 2.47. The van der Waals surface area contributed by atoms with Crippen molar-refractivity contribution in [2.24, 2.45) is 5.73 Å². The van der Waals surface area contributed by atoms with E-state index in [2.05, 4.69) is 0 Å². The van der Waals surface area contributed by atoms with Crippen LogP contribution in [0, 0.1) is 0 Å². The average molecular weight is 187 g/mol. The molecule has 76 valence electrons. The molecule has 0 radical (unpaired) electrons. The van der Waals surface area contributed by atoms with Crippen LogP contribution in [0.4, 0.5) is 0 Å². The molecule has 0 spiro atoms. The number of ether oxygens (including phenoxy) is 1. The second-order valence-corrected chi connectivity index (χ2v) is 4.45. The maximum atomic E-state index is 9.23. The van der Waals surface area contributed by atoms with Crippen molar-refractivity contribution >= 4 is 0 Å². The summed E-state index contributed by atoms with van der Waals surface area (Å²) in [7, 11) is 0. The summed E-state index contributed by atoms with van der Waals surface area (Å²) < 4.78 is 5.76. The van der Waals surface area contributed by atoms with Crippen molar-refractivity contribution in [3.63, 3.8) is 0 Å². The van der Waals surface area contributed by atoms with Gasteiger partial charge in [-0.2, -0.15) is 0 Å². The van der Waals surface area contributed by atoms with Crippen molar-refractivity contribution in [3.8, 4) is 0 Å². The van der Waals surface area contributed by atoms with Crippen molar-refractivity contribution in [3.05, 3.63) is 0 Å². The molecule has 2 bridgehead atoms. The second-order valence-electron chi connectivity index (χ2n) is 4.45. The lowest BCUT2D eigenvalue weighted by Gasteiger charge is -2.41. The Balaban J connectivity index is 2.20. The average Bonchev–Trinajstić information content (AvgIpc) is 2.41. The third-order valence-corrected chi connectivity index (χ3v) is 3.31. The summed E-state index contributed by atoms with van der Waals surface area (Å²) >= 11 is 0. The largest absolute Gasteiger partial charge is 0.393 e. The highest BCUT2D eigenvalue weighted by atomic mass is 16.6. The number of hydrogen-bond donors (Lipinski definition) is 3. The van der Waals surface area contributed by atoms with Crippen molar-refractivity contribution in [2.75, 3.05) is 13.2 Å². The molecular weight excluding hydrogens is 170 g/mol. The van der Waals surface area contributed by atoms with Crippen molar-refractivity contribution < 1.29 is 14.9 Å². The SMILES string of the molecule is NC1C[C@]2(CO)CC[C@](CO)(C1)O2. The minimum Gasteiger partial charge on any atom is -0.393 e. The van der Waals surface area contributed by atoms with Crippen LogP contribution in [0.3, 0.4) is 0 Å². The van der Waals surface area contributed by atoms with Gasteiger partial charge in [-0.25, -0.2) is 0 Å². The number of aliphatic hydroxyl groups excluding tert-OH is 2. The van der Waals surface area contributed by atoms with Crippen LogP contribution in [-0.4, -0.2) is 40.7 Å². The Bertz CT molecular complexity index is 191. The Morgan fingerprint density at radius 3 is 2.00 bits per heavy atom. The summed E-state index contributed by atoms with van der Waals surface area (Å²) in [6.45, 7) is 0.0326. The first kappa shape index (κ1) is 9.40. The van der Waals surface area contributed by atoms with Crippen LogP contribution in [0.25, 0.3) is 0 Å². The van der Waals surface area contributed by atoms with Gasteiger partial charge in [0.15, 0.2) is 0 Å². The molecule has 1 unspecified atom stereocenters. The Morgan fingerprint density at radius 1 is 1.15 bits per heavy atom. The fraction of sp³-hybridized carbons (Fsp3) is 1.00. The third kappa shape index (κ3) is 1.38. The van der Waals surface area contributed by atoms with Gasteiger partial charge in [0.2, 0.25) is 0 Å². The second kappa shape index (κ2) is 2.92. The smallest absolute Gasteiger partial charge is 0.0936 e. The molecule has 13 heavy (non-hydrogen) atoms. The van der Waals surface area contributed by atoms with Crippen molar-refractivity contribution in [1.29, 1.82) is 0 Å². The summed E-state index contributed by atoms with van der Waals surface area (Å²) in [5.41, 5.74) is 4.96. The normalized spacial score (nSPS) is 49.6. The van der Waals surface area contributed by atoms with E-state index < -0.39 is 11.2 Å². The van der Waals surface area contributed by atoms with Crippen molar-refractivity contribution in [1.82, 2.24) is 0 Å². The molecule has 4 heteroatoms. The Morgan fingerprint density at radius 2 is 1.62 bits per heavy atom. The molecule has 3 atom stereocenters. The van der Waals surface area contributed by atoms with Gasteiger partial charge >= 0.3 is 0 Å². The first-order valence-corrected chi connectivity index (χ1v) is 4.81. The predicted octanol–water partition coefficient (Wildman–Crippen LogP) is -0.620. The van der Waals surface area contributed by atoms with E-state index in [1.165, 1.54) is 0 Å². The van der Waals surface area contributed by atoms with Gasteiger partial charge < -0.3 is 20.7 Å². The summed E-state index contributed by atoms with van der Waals surface area (Å²) in [5, 5.41) is 18.5. The number of nitrogens with two attached hydrogens (primary N) is 1. The van der Waals surface area contributed by atoms with E-state index in [-0.39, 0.29) is 19.3 Å². The zero-order valence-electron chi connectivity index (χ0n) is 7.70. The van der Waals surface area contributed by atoms with E-state index in [0.29, 0.717) is 12.8 Å². The fourth-order valence-electron chi connectivity index (χ4n) is 2.68. The molecule has 0 aromatic heterocycles. The van der Waals surface area contributed by atoms with Gasteiger partial charge in [0.1, 0.15) is 0 Å².